The van der Waals surface area contributed by atoms with Crippen LogP contribution in [-0.2, 0) is 16.1 Å². The van der Waals surface area contributed by atoms with Gasteiger partial charge in [-0.15, -0.1) is 0 Å². The average molecular weight is 483 g/mol. The number of halogens is 3. The lowest BCUT2D eigenvalue weighted by molar-refractivity contribution is -0.192. The van der Waals surface area contributed by atoms with Gasteiger partial charge in [0.2, 0.25) is 0 Å². The molecule has 172 valence electrons. The number of carbonyl (C=O) groups is 3. The molecule has 0 aliphatic rings. The third-order valence-electron chi connectivity index (χ3n) is 3.54. The number of rotatable bonds is 9. The molecule has 0 aromatic carbocycles. The molecular formula is C17H21F3N4O5S2. The summed E-state index contributed by atoms with van der Waals surface area (Å²) in [6, 6.07) is 1.82. The number of carboxylic acids is 2. The van der Waals surface area contributed by atoms with Crippen molar-refractivity contribution in [1.82, 2.24) is 20.1 Å². The first kappa shape index (κ1) is 26.6. The van der Waals surface area contributed by atoms with Crippen LogP contribution in [0.1, 0.15) is 29.4 Å². The highest BCUT2D eigenvalue weighted by atomic mass is 33.1. The predicted octanol–water partition coefficient (Wildman–Crippen LogP) is 2.98. The van der Waals surface area contributed by atoms with Crippen LogP contribution in [0, 0.1) is 6.92 Å². The molecule has 0 atom stereocenters. The number of aliphatic carboxylic acids is 2. The van der Waals surface area contributed by atoms with Gasteiger partial charge in [-0.2, -0.15) is 18.3 Å². The fraction of sp³-hybridized carbons (Fsp3) is 0.471. The summed E-state index contributed by atoms with van der Waals surface area (Å²) < 4.78 is 33.5. The molecule has 2 rings (SSSR count). The van der Waals surface area contributed by atoms with E-state index in [1.165, 1.54) is 10.8 Å². The van der Waals surface area contributed by atoms with E-state index in [2.05, 4.69) is 15.4 Å². The molecule has 3 N–H and O–H groups in total. The standard InChI is InChI=1S/C15H20N4O3S2.C2HF3O2/c1-3-19-14-11(9-17-19)8-12(10(2)18-14)15(22)16-5-7-24-23-6-4-13(20)21;3-2(4,5)1(6)7/h8-9H,3-7H2,1-2H3,(H,16,22)(H,20,21);(H,6,7). The van der Waals surface area contributed by atoms with Crippen molar-refractivity contribution in [1.29, 1.82) is 0 Å². The van der Waals surface area contributed by atoms with E-state index < -0.39 is 18.1 Å². The third-order valence-corrected chi connectivity index (χ3v) is 5.95. The number of aryl methyl sites for hydroxylation is 2. The third kappa shape index (κ3) is 9.04. The molecule has 0 bridgehead atoms. The molecule has 0 aliphatic carbocycles. The zero-order chi connectivity index (χ0) is 23.6. The molecule has 31 heavy (non-hydrogen) atoms. The Morgan fingerprint density at radius 2 is 1.81 bits per heavy atom. The van der Waals surface area contributed by atoms with Gasteiger partial charge in [-0.25, -0.2) is 14.5 Å². The van der Waals surface area contributed by atoms with Gasteiger partial charge in [0.25, 0.3) is 5.91 Å². The summed E-state index contributed by atoms with van der Waals surface area (Å²) in [7, 11) is 3.06. The zero-order valence-corrected chi connectivity index (χ0v) is 18.2. The topological polar surface area (TPSA) is 134 Å². The highest BCUT2D eigenvalue weighted by Crippen LogP contribution is 2.21. The summed E-state index contributed by atoms with van der Waals surface area (Å²) in [5, 5.41) is 23.6. The van der Waals surface area contributed by atoms with E-state index in [1.807, 2.05) is 19.9 Å². The van der Waals surface area contributed by atoms with Crippen molar-refractivity contribution < 1.29 is 37.8 Å². The number of hydrogen-bond donors (Lipinski definition) is 3. The largest absolute Gasteiger partial charge is 0.490 e. The van der Waals surface area contributed by atoms with Gasteiger partial charge in [0, 0.05) is 30.0 Å². The van der Waals surface area contributed by atoms with Crippen molar-refractivity contribution >= 4 is 50.5 Å². The second-order valence-electron chi connectivity index (χ2n) is 5.84. The number of pyridine rings is 1. The minimum atomic E-state index is -5.08. The monoisotopic (exact) mass is 482 g/mol. The van der Waals surface area contributed by atoms with Gasteiger partial charge in [0.15, 0.2) is 5.65 Å². The van der Waals surface area contributed by atoms with Crippen molar-refractivity contribution in [3.05, 3.63) is 23.5 Å². The number of hydrogen-bond acceptors (Lipinski definition) is 7. The van der Waals surface area contributed by atoms with E-state index in [-0.39, 0.29) is 12.3 Å². The Morgan fingerprint density at radius 3 is 2.35 bits per heavy atom. The lowest BCUT2D eigenvalue weighted by atomic mass is 10.1. The van der Waals surface area contributed by atoms with E-state index in [0.717, 1.165) is 23.3 Å². The first-order valence-electron chi connectivity index (χ1n) is 8.85. The Kier molecular flexibility index (Phi) is 10.6. The SMILES string of the molecule is CCn1ncc2cc(C(=O)NCCSSCCC(=O)O)c(C)nc21.O=C(O)C(F)(F)F. The number of amides is 1. The minimum absolute atomic E-state index is 0.151. The molecule has 2 heterocycles. The Balaban J connectivity index is 0.000000592. The quantitative estimate of drug-likeness (QED) is 0.364. The number of alkyl halides is 3. The summed E-state index contributed by atoms with van der Waals surface area (Å²) in [4.78, 5) is 36.1. The van der Waals surface area contributed by atoms with Gasteiger partial charge in [-0.1, -0.05) is 21.6 Å². The molecular weight excluding hydrogens is 461 g/mol. The fourth-order valence-electron chi connectivity index (χ4n) is 2.11. The number of carboxylic acid groups (broad SMARTS) is 2. The number of aromatic nitrogens is 3. The van der Waals surface area contributed by atoms with Gasteiger partial charge in [-0.3, -0.25) is 9.59 Å². The number of nitrogens with one attached hydrogen (secondary N) is 1. The molecule has 0 spiro atoms. The first-order chi connectivity index (χ1) is 14.5. The van der Waals surface area contributed by atoms with E-state index in [9.17, 15) is 22.8 Å². The average Bonchev–Trinajstić information content (AvgIpc) is 3.07. The van der Waals surface area contributed by atoms with Crippen LogP contribution >= 0.6 is 21.6 Å². The normalized spacial score (nSPS) is 11.0. The highest BCUT2D eigenvalue weighted by Gasteiger charge is 2.38. The Labute approximate surface area is 183 Å². The summed E-state index contributed by atoms with van der Waals surface area (Å²) >= 11 is 0. The van der Waals surface area contributed by atoms with Crippen LogP contribution in [0.4, 0.5) is 13.2 Å². The van der Waals surface area contributed by atoms with E-state index >= 15 is 0 Å². The molecule has 0 saturated carbocycles. The molecule has 0 aliphatic heterocycles. The number of fused-ring (bicyclic) bond motifs is 1. The van der Waals surface area contributed by atoms with E-state index in [1.54, 1.807) is 21.7 Å². The minimum Gasteiger partial charge on any atom is -0.481 e. The molecule has 2 aromatic rings. The molecule has 14 heteroatoms. The maximum absolute atomic E-state index is 12.3. The molecule has 0 unspecified atom stereocenters. The van der Waals surface area contributed by atoms with Crippen LogP contribution in [0.25, 0.3) is 11.0 Å². The van der Waals surface area contributed by atoms with Crippen molar-refractivity contribution in [2.24, 2.45) is 0 Å². The van der Waals surface area contributed by atoms with Gasteiger partial charge in [0.1, 0.15) is 0 Å². The van der Waals surface area contributed by atoms with Gasteiger partial charge in [-0.05, 0) is 19.9 Å². The Hall–Kier alpha value is -2.48. The summed E-state index contributed by atoms with van der Waals surface area (Å²) in [6.07, 6.45) is -3.21. The molecule has 0 saturated heterocycles. The maximum Gasteiger partial charge on any atom is 0.490 e. The van der Waals surface area contributed by atoms with Crippen LogP contribution in [0.2, 0.25) is 0 Å². The molecule has 9 nitrogen and oxygen atoms in total. The highest BCUT2D eigenvalue weighted by molar-refractivity contribution is 8.76. The van der Waals surface area contributed by atoms with Crippen molar-refractivity contribution in [3.63, 3.8) is 0 Å². The first-order valence-corrected chi connectivity index (χ1v) is 11.3. The van der Waals surface area contributed by atoms with Gasteiger partial charge >= 0.3 is 18.1 Å². The van der Waals surface area contributed by atoms with Crippen LogP contribution in [0.15, 0.2) is 12.3 Å². The van der Waals surface area contributed by atoms with Crippen LogP contribution in [0.3, 0.4) is 0 Å². The smallest absolute Gasteiger partial charge is 0.481 e. The van der Waals surface area contributed by atoms with E-state index in [0.29, 0.717) is 23.6 Å². The zero-order valence-electron chi connectivity index (χ0n) is 16.6. The molecule has 0 fully saturated rings. The predicted molar refractivity (Wildman–Crippen MR) is 111 cm³/mol. The van der Waals surface area contributed by atoms with Gasteiger partial charge < -0.3 is 15.5 Å². The summed E-state index contributed by atoms with van der Waals surface area (Å²) in [5.74, 6) is -2.41. The van der Waals surface area contributed by atoms with Crippen LogP contribution in [0.5, 0.6) is 0 Å². The molecule has 2 aromatic heterocycles. The fourth-order valence-corrected chi connectivity index (χ4v) is 3.99. The van der Waals surface area contributed by atoms with Gasteiger partial charge in [0.05, 0.1) is 23.9 Å². The van der Waals surface area contributed by atoms with Crippen LogP contribution < -0.4 is 5.32 Å². The maximum atomic E-state index is 12.3. The lowest BCUT2D eigenvalue weighted by Crippen LogP contribution is -2.26. The Morgan fingerprint density at radius 1 is 1.19 bits per heavy atom. The second kappa shape index (κ2) is 12.4. The molecule has 0 radical (unpaired) electrons. The number of carbonyl (C=O) groups excluding carboxylic acids is 1. The van der Waals surface area contributed by atoms with Crippen molar-refractivity contribution in [3.8, 4) is 0 Å². The van der Waals surface area contributed by atoms with Crippen molar-refractivity contribution in [2.45, 2.75) is 33.0 Å². The summed E-state index contributed by atoms with van der Waals surface area (Å²) in [6.45, 7) is 5.07. The molecule has 1 amide bonds. The van der Waals surface area contributed by atoms with E-state index in [4.69, 9.17) is 15.0 Å². The lowest BCUT2D eigenvalue weighted by Gasteiger charge is -2.08. The Bertz CT molecular complexity index is 921. The van der Waals surface area contributed by atoms with Crippen LogP contribution in [-0.4, -0.2) is 67.1 Å². The van der Waals surface area contributed by atoms with Crippen molar-refractivity contribution in [2.75, 3.05) is 18.1 Å². The summed E-state index contributed by atoms with van der Waals surface area (Å²) in [5.41, 5.74) is 2.03. The second-order valence-corrected chi connectivity index (χ2v) is 8.54. The number of nitrogens with zero attached hydrogens (tertiary/aromatic N) is 3.